The molecule has 1 fully saturated rings. The number of hydrogen-bond donors (Lipinski definition) is 2. The van der Waals surface area contributed by atoms with Gasteiger partial charge in [-0.3, -0.25) is 0 Å². The standard InChI is InChI=1S/C15H22N2O/c16-14-6-4-13(5-7-14)11-17-15-3-1-2-12(10-15)8-9-18/h1-3,9-10,13-14,17H,4-8,11,16H2. The lowest BCUT2D eigenvalue weighted by Crippen LogP contribution is -2.29. The van der Waals surface area contributed by atoms with Crippen molar-refractivity contribution in [3.05, 3.63) is 29.8 Å². The van der Waals surface area contributed by atoms with Crippen molar-refractivity contribution < 1.29 is 4.79 Å². The van der Waals surface area contributed by atoms with E-state index in [0.29, 0.717) is 12.5 Å². The van der Waals surface area contributed by atoms with Gasteiger partial charge >= 0.3 is 0 Å². The van der Waals surface area contributed by atoms with Gasteiger partial charge in [-0.1, -0.05) is 12.1 Å². The van der Waals surface area contributed by atoms with Gasteiger partial charge in [-0.15, -0.1) is 0 Å². The first-order valence-electron chi connectivity index (χ1n) is 6.80. The Bertz CT molecular complexity index is 384. The highest BCUT2D eigenvalue weighted by Gasteiger charge is 2.17. The van der Waals surface area contributed by atoms with E-state index in [0.717, 1.165) is 42.8 Å². The average Bonchev–Trinajstić information content (AvgIpc) is 2.39. The van der Waals surface area contributed by atoms with E-state index in [9.17, 15) is 4.79 Å². The van der Waals surface area contributed by atoms with Gasteiger partial charge in [0.2, 0.25) is 0 Å². The average molecular weight is 246 g/mol. The van der Waals surface area contributed by atoms with E-state index < -0.39 is 0 Å². The van der Waals surface area contributed by atoms with Gasteiger partial charge in [0.25, 0.3) is 0 Å². The van der Waals surface area contributed by atoms with Gasteiger partial charge in [0, 0.05) is 24.7 Å². The topological polar surface area (TPSA) is 55.1 Å². The molecule has 0 aromatic heterocycles. The minimum atomic E-state index is 0.414. The summed E-state index contributed by atoms with van der Waals surface area (Å²) in [4.78, 5) is 10.5. The highest BCUT2D eigenvalue weighted by atomic mass is 16.1. The molecular weight excluding hydrogens is 224 g/mol. The quantitative estimate of drug-likeness (QED) is 0.784. The third kappa shape index (κ3) is 3.84. The fraction of sp³-hybridized carbons (Fsp3) is 0.533. The van der Waals surface area contributed by atoms with Crippen molar-refractivity contribution in [1.29, 1.82) is 0 Å². The molecule has 0 atom stereocenters. The molecule has 2 rings (SSSR count). The number of hydrogen-bond acceptors (Lipinski definition) is 3. The Morgan fingerprint density at radius 2 is 2.06 bits per heavy atom. The second kappa shape index (κ2) is 6.55. The number of nitrogens with two attached hydrogens (primary N) is 1. The van der Waals surface area contributed by atoms with Crippen LogP contribution in [-0.4, -0.2) is 18.9 Å². The molecule has 0 unspecified atom stereocenters. The third-order valence-electron chi connectivity index (χ3n) is 3.73. The second-order valence-corrected chi connectivity index (χ2v) is 5.23. The molecule has 3 nitrogen and oxygen atoms in total. The lowest BCUT2D eigenvalue weighted by molar-refractivity contribution is -0.107. The smallest absolute Gasteiger partial charge is 0.124 e. The van der Waals surface area contributed by atoms with Crippen LogP contribution in [0.2, 0.25) is 0 Å². The number of aldehydes is 1. The Kier molecular flexibility index (Phi) is 4.76. The van der Waals surface area contributed by atoms with Crippen LogP contribution in [0.5, 0.6) is 0 Å². The molecule has 3 heteroatoms. The summed E-state index contributed by atoms with van der Waals surface area (Å²) < 4.78 is 0. The maximum Gasteiger partial charge on any atom is 0.124 e. The number of carbonyl (C=O) groups excluding carboxylic acids is 1. The molecule has 3 N–H and O–H groups in total. The molecule has 0 heterocycles. The maximum atomic E-state index is 10.5. The second-order valence-electron chi connectivity index (χ2n) is 5.23. The van der Waals surface area contributed by atoms with Crippen LogP contribution in [0, 0.1) is 5.92 Å². The first kappa shape index (κ1) is 13.1. The number of benzene rings is 1. The van der Waals surface area contributed by atoms with Gasteiger partial charge < -0.3 is 15.8 Å². The molecule has 0 radical (unpaired) electrons. The molecule has 98 valence electrons. The van der Waals surface area contributed by atoms with E-state index in [4.69, 9.17) is 5.73 Å². The third-order valence-corrected chi connectivity index (χ3v) is 3.73. The molecule has 18 heavy (non-hydrogen) atoms. The number of rotatable bonds is 5. The Balaban J connectivity index is 1.82. The normalized spacial score (nSPS) is 23.6. The summed E-state index contributed by atoms with van der Waals surface area (Å²) in [5, 5.41) is 3.47. The first-order valence-corrected chi connectivity index (χ1v) is 6.80. The van der Waals surface area contributed by atoms with Crippen LogP contribution in [0.25, 0.3) is 0 Å². The SMILES string of the molecule is NC1CCC(CNc2cccc(CC=O)c2)CC1. The molecular formula is C15H22N2O. The predicted octanol–water partition coefficient (Wildman–Crippen LogP) is 2.36. The molecule has 0 aliphatic heterocycles. The van der Waals surface area contributed by atoms with Gasteiger partial charge in [-0.25, -0.2) is 0 Å². The van der Waals surface area contributed by atoms with Crippen LogP contribution in [0.1, 0.15) is 31.2 Å². The number of anilines is 1. The summed E-state index contributed by atoms with van der Waals surface area (Å²) in [6, 6.07) is 8.51. The number of nitrogens with one attached hydrogen (secondary N) is 1. The summed E-state index contributed by atoms with van der Waals surface area (Å²) in [6.07, 6.45) is 6.19. The van der Waals surface area contributed by atoms with Gasteiger partial charge in [-0.2, -0.15) is 0 Å². The van der Waals surface area contributed by atoms with Crippen LogP contribution in [0.3, 0.4) is 0 Å². The van der Waals surface area contributed by atoms with Gasteiger partial charge in [0.05, 0.1) is 0 Å². The van der Waals surface area contributed by atoms with Crippen LogP contribution < -0.4 is 11.1 Å². The maximum absolute atomic E-state index is 10.5. The van der Waals surface area contributed by atoms with Crippen LogP contribution in [0.15, 0.2) is 24.3 Å². The lowest BCUT2D eigenvalue weighted by atomic mass is 9.86. The van der Waals surface area contributed by atoms with E-state index in [-0.39, 0.29) is 0 Å². The molecule has 1 aliphatic rings. The zero-order valence-electron chi connectivity index (χ0n) is 10.8. The van der Waals surface area contributed by atoms with Gasteiger partial charge in [-0.05, 0) is 49.3 Å². The summed E-state index contributed by atoms with van der Waals surface area (Å²) in [5.74, 6) is 0.736. The summed E-state index contributed by atoms with van der Waals surface area (Å²) in [7, 11) is 0. The number of carbonyl (C=O) groups is 1. The highest BCUT2D eigenvalue weighted by Crippen LogP contribution is 2.23. The Labute approximate surface area is 109 Å². The van der Waals surface area contributed by atoms with Crippen LogP contribution >= 0.6 is 0 Å². The first-order chi connectivity index (χ1) is 8.78. The minimum absolute atomic E-state index is 0.414. The van der Waals surface area contributed by atoms with E-state index in [1.807, 2.05) is 12.1 Å². The van der Waals surface area contributed by atoms with Crippen molar-refractivity contribution in [2.45, 2.75) is 38.1 Å². The van der Waals surface area contributed by atoms with Crippen LogP contribution in [0.4, 0.5) is 5.69 Å². The fourth-order valence-electron chi connectivity index (χ4n) is 2.56. The Morgan fingerprint density at radius 1 is 1.28 bits per heavy atom. The zero-order chi connectivity index (χ0) is 12.8. The summed E-state index contributed by atoms with van der Waals surface area (Å²) in [6.45, 7) is 1.01. The fourth-order valence-corrected chi connectivity index (χ4v) is 2.56. The Morgan fingerprint density at radius 3 is 2.78 bits per heavy atom. The van der Waals surface area contributed by atoms with E-state index in [1.165, 1.54) is 12.8 Å². The van der Waals surface area contributed by atoms with Crippen LogP contribution in [-0.2, 0) is 11.2 Å². The predicted molar refractivity (Wildman–Crippen MR) is 74.6 cm³/mol. The Hall–Kier alpha value is -1.35. The van der Waals surface area contributed by atoms with E-state index >= 15 is 0 Å². The van der Waals surface area contributed by atoms with Gasteiger partial charge in [0.1, 0.15) is 6.29 Å². The summed E-state index contributed by atoms with van der Waals surface area (Å²) >= 11 is 0. The van der Waals surface area contributed by atoms with E-state index in [1.54, 1.807) is 0 Å². The molecule has 1 aromatic rings. The van der Waals surface area contributed by atoms with Crippen molar-refractivity contribution in [2.75, 3.05) is 11.9 Å². The van der Waals surface area contributed by atoms with Crippen molar-refractivity contribution in [2.24, 2.45) is 11.7 Å². The molecule has 0 spiro atoms. The lowest BCUT2D eigenvalue weighted by Gasteiger charge is -2.26. The highest BCUT2D eigenvalue weighted by molar-refractivity contribution is 5.57. The minimum Gasteiger partial charge on any atom is -0.385 e. The van der Waals surface area contributed by atoms with Gasteiger partial charge in [0.15, 0.2) is 0 Å². The molecule has 1 aliphatic carbocycles. The summed E-state index contributed by atoms with van der Waals surface area (Å²) in [5.41, 5.74) is 8.09. The molecule has 0 saturated heterocycles. The molecule has 0 bridgehead atoms. The van der Waals surface area contributed by atoms with Crippen molar-refractivity contribution in [3.63, 3.8) is 0 Å². The monoisotopic (exact) mass is 246 g/mol. The molecule has 1 saturated carbocycles. The molecule has 1 aromatic carbocycles. The van der Waals surface area contributed by atoms with Crippen molar-refractivity contribution in [3.8, 4) is 0 Å². The zero-order valence-corrected chi connectivity index (χ0v) is 10.8. The van der Waals surface area contributed by atoms with E-state index in [2.05, 4.69) is 17.4 Å². The van der Waals surface area contributed by atoms with Crippen molar-refractivity contribution >= 4 is 12.0 Å². The molecule has 0 amide bonds. The van der Waals surface area contributed by atoms with Crippen molar-refractivity contribution in [1.82, 2.24) is 0 Å². The largest absolute Gasteiger partial charge is 0.385 e.